The zero-order valence-corrected chi connectivity index (χ0v) is 12.7. The first-order valence-corrected chi connectivity index (χ1v) is 6.89. The molecule has 9 heteroatoms. The van der Waals surface area contributed by atoms with Gasteiger partial charge in [-0.15, -0.1) is 11.3 Å². The summed E-state index contributed by atoms with van der Waals surface area (Å²) >= 11 is 7.60. The number of carboxylic acids is 2. The summed E-state index contributed by atoms with van der Waals surface area (Å²) in [7, 11) is 0. The first-order chi connectivity index (χ1) is 8.31. The summed E-state index contributed by atoms with van der Waals surface area (Å²) < 4.78 is 1.20. The van der Waals surface area contributed by atoms with E-state index in [9.17, 15) is 14.4 Å². The molecule has 98 valence electrons. The lowest BCUT2D eigenvalue weighted by molar-refractivity contribution is -0.140. The predicted molar refractivity (Wildman–Crippen MR) is 70.9 cm³/mol. The number of carbonyl (C=O) groups excluding carboxylic acids is 1. The highest BCUT2D eigenvalue weighted by molar-refractivity contribution is 9.12. The van der Waals surface area contributed by atoms with Crippen LogP contribution in [0.5, 0.6) is 0 Å². The molecule has 0 radical (unpaired) electrons. The van der Waals surface area contributed by atoms with E-state index in [0.29, 0.717) is 7.57 Å². The van der Waals surface area contributed by atoms with Crippen molar-refractivity contribution in [2.75, 3.05) is 13.1 Å². The number of hydrogen-bond donors (Lipinski definition) is 2. The molecule has 0 aromatic carbocycles. The minimum Gasteiger partial charge on any atom is -0.480 e. The number of carboxylic acid groups (broad SMARTS) is 2. The first-order valence-electron chi connectivity index (χ1n) is 4.49. The number of carbonyl (C=O) groups is 3. The van der Waals surface area contributed by atoms with Crippen LogP contribution in [0.2, 0.25) is 0 Å². The molecule has 0 aliphatic rings. The Kier molecular flexibility index (Phi) is 5.29. The molecule has 0 saturated heterocycles. The van der Waals surface area contributed by atoms with Gasteiger partial charge in [-0.25, -0.2) is 0 Å². The van der Waals surface area contributed by atoms with Crippen molar-refractivity contribution in [1.82, 2.24) is 4.90 Å². The molecule has 0 aliphatic heterocycles. The van der Waals surface area contributed by atoms with Crippen molar-refractivity contribution in [1.29, 1.82) is 0 Å². The van der Waals surface area contributed by atoms with Gasteiger partial charge in [0.1, 0.15) is 13.1 Å². The van der Waals surface area contributed by atoms with Crippen molar-refractivity contribution < 1.29 is 24.6 Å². The second-order valence-electron chi connectivity index (χ2n) is 3.19. The Hall–Kier alpha value is -0.930. The summed E-state index contributed by atoms with van der Waals surface area (Å²) in [6.07, 6.45) is 0. The van der Waals surface area contributed by atoms with Crippen LogP contribution in [-0.4, -0.2) is 46.0 Å². The van der Waals surface area contributed by atoms with Gasteiger partial charge in [-0.2, -0.15) is 0 Å². The van der Waals surface area contributed by atoms with Gasteiger partial charge in [0, 0.05) is 0 Å². The molecular weight excluding hydrogens is 394 g/mol. The molecule has 0 saturated carbocycles. The third-order valence-corrected chi connectivity index (χ3v) is 4.17. The van der Waals surface area contributed by atoms with E-state index >= 15 is 0 Å². The average Bonchev–Trinajstić information content (AvgIpc) is 2.54. The molecule has 1 aromatic heterocycles. The molecule has 1 rings (SSSR count). The summed E-state index contributed by atoms with van der Waals surface area (Å²) in [6, 6.07) is 1.51. The molecule has 0 aliphatic carbocycles. The molecule has 0 unspecified atom stereocenters. The van der Waals surface area contributed by atoms with Crippen LogP contribution in [-0.2, 0) is 9.59 Å². The van der Waals surface area contributed by atoms with Gasteiger partial charge in [0.15, 0.2) is 0 Å². The van der Waals surface area contributed by atoms with Gasteiger partial charge < -0.3 is 15.1 Å². The quantitative estimate of drug-likeness (QED) is 0.786. The largest absolute Gasteiger partial charge is 0.480 e. The maximum Gasteiger partial charge on any atom is 0.323 e. The lowest BCUT2D eigenvalue weighted by Crippen LogP contribution is -2.39. The van der Waals surface area contributed by atoms with E-state index in [2.05, 4.69) is 31.9 Å². The molecular formula is C9H7Br2NO5S. The summed E-state index contributed by atoms with van der Waals surface area (Å²) in [5.74, 6) is -3.18. The lowest BCUT2D eigenvalue weighted by Gasteiger charge is -2.17. The molecule has 2 N–H and O–H groups in total. The lowest BCUT2D eigenvalue weighted by atomic mass is 10.3. The number of nitrogens with zero attached hydrogens (tertiary/aromatic N) is 1. The third kappa shape index (κ3) is 4.07. The predicted octanol–water partition coefficient (Wildman–Crippen LogP) is 1.88. The fourth-order valence-electron chi connectivity index (χ4n) is 1.18. The van der Waals surface area contributed by atoms with Gasteiger partial charge in [0.25, 0.3) is 5.91 Å². The zero-order valence-electron chi connectivity index (χ0n) is 8.72. The van der Waals surface area contributed by atoms with Gasteiger partial charge in [0.2, 0.25) is 0 Å². The minimum absolute atomic E-state index is 0.231. The van der Waals surface area contributed by atoms with Gasteiger partial charge in [-0.05, 0) is 37.9 Å². The summed E-state index contributed by atoms with van der Waals surface area (Å²) in [5.41, 5.74) is 0.231. The molecule has 6 nitrogen and oxygen atoms in total. The monoisotopic (exact) mass is 399 g/mol. The average molecular weight is 401 g/mol. The van der Waals surface area contributed by atoms with E-state index in [1.165, 1.54) is 17.4 Å². The number of amides is 1. The van der Waals surface area contributed by atoms with Gasteiger partial charge in [0.05, 0.1) is 13.1 Å². The second kappa shape index (κ2) is 6.30. The van der Waals surface area contributed by atoms with Crippen molar-refractivity contribution in [3.8, 4) is 0 Å². The van der Waals surface area contributed by atoms with Gasteiger partial charge in [-0.1, -0.05) is 0 Å². The molecule has 0 bridgehead atoms. The third-order valence-electron chi connectivity index (χ3n) is 1.83. The summed E-state index contributed by atoms with van der Waals surface area (Å²) in [6.45, 7) is -1.32. The molecule has 0 fully saturated rings. The van der Waals surface area contributed by atoms with Crippen LogP contribution in [0.15, 0.2) is 13.6 Å². The van der Waals surface area contributed by atoms with Crippen LogP contribution >= 0.6 is 43.2 Å². The Morgan fingerprint density at radius 2 is 1.67 bits per heavy atom. The summed E-state index contributed by atoms with van der Waals surface area (Å²) in [4.78, 5) is 34.0. The van der Waals surface area contributed by atoms with Crippen LogP contribution in [0.1, 0.15) is 10.4 Å². The Balaban J connectivity index is 2.97. The first kappa shape index (κ1) is 15.1. The van der Waals surface area contributed by atoms with Crippen molar-refractivity contribution in [2.24, 2.45) is 0 Å². The van der Waals surface area contributed by atoms with E-state index in [-0.39, 0.29) is 5.56 Å². The van der Waals surface area contributed by atoms with E-state index in [4.69, 9.17) is 10.2 Å². The highest BCUT2D eigenvalue weighted by atomic mass is 79.9. The summed E-state index contributed by atoms with van der Waals surface area (Å²) in [5, 5.41) is 17.3. The normalized spacial score (nSPS) is 10.1. The molecule has 0 spiro atoms. The maximum absolute atomic E-state index is 12.0. The van der Waals surface area contributed by atoms with E-state index < -0.39 is 30.9 Å². The molecule has 1 aromatic rings. The van der Waals surface area contributed by atoms with Gasteiger partial charge >= 0.3 is 11.9 Å². The highest BCUT2D eigenvalue weighted by Gasteiger charge is 2.24. The molecule has 18 heavy (non-hydrogen) atoms. The highest BCUT2D eigenvalue weighted by Crippen LogP contribution is 2.32. The van der Waals surface area contributed by atoms with Crippen LogP contribution in [0.25, 0.3) is 0 Å². The molecule has 1 heterocycles. The van der Waals surface area contributed by atoms with Crippen LogP contribution < -0.4 is 0 Å². The van der Waals surface area contributed by atoms with Crippen molar-refractivity contribution in [3.63, 3.8) is 0 Å². The van der Waals surface area contributed by atoms with Crippen molar-refractivity contribution in [2.45, 2.75) is 0 Å². The molecule has 0 atom stereocenters. The maximum atomic E-state index is 12.0. The number of hydrogen-bond acceptors (Lipinski definition) is 4. The van der Waals surface area contributed by atoms with Crippen molar-refractivity contribution >= 4 is 61.0 Å². The second-order valence-corrected chi connectivity index (χ2v) is 6.94. The van der Waals surface area contributed by atoms with Crippen LogP contribution in [0.4, 0.5) is 0 Å². The Bertz CT molecular complexity index is 485. The Morgan fingerprint density at radius 1 is 1.17 bits per heavy atom. The number of rotatable bonds is 5. The fraction of sp³-hybridized carbons (Fsp3) is 0.222. The van der Waals surface area contributed by atoms with E-state index in [1.54, 1.807) is 0 Å². The van der Waals surface area contributed by atoms with E-state index in [1.807, 2.05) is 0 Å². The zero-order chi connectivity index (χ0) is 13.9. The molecule has 1 amide bonds. The Morgan fingerprint density at radius 3 is 2.00 bits per heavy atom. The number of halogens is 2. The van der Waals surface area contributed by atoms with Crippen LogP contribution in [0, 0.1) is 0 Å². The standard InChI is InChI=1S/C9H7Br2NO5S/c10-5-1-4(8(11)18-5)9(17)12(2-6(13)14)3-7(15)16/h1H,2-3H2,(H,13,14)(H,15,16). The topological polar surface area (TPSA) is 94.9 Å². The van der Waals surface area contributed by atoms with Crippen molar-refractivity contribution in [3.05, 3.63) is 19.2 Å². The van der Waals surface area contributed by atoms with E-state index in [0.717, 1.165) is 4.90 Å². The van der Waals surface area contributed by atoms with Gasteiger partial charge in [-0.3, -0.25) is 14.4 Å². The Labute approximate surface area is 122 Å². The number of thiophene rings is 1. The SMILES string of the molecule is O=C(O)CN(CC(=O)O)C(=O)c1cc(Br)sc1Br. The number of aliphatic carboxylic acids is 2. The fourth-order valence-corrected chi connectivity index (χ4v) is 3.96. The minimum atomic E-state index is -1.27. The smallest absolute Gasteiger partial charge is 0.323 e. The van der Waals surface area contributed by atoms with Crippen LogP contribution in [0.3, 0.4) is 0 Å².